The number of rotatable bonds is 4. The Hall–Kier alpha value is -4.78. The number of nitro groups is 1. The van der Waals surface area contributed by atoms with Crippen molar-refractivity contribution in [3.8, 4) is 6.07 Å². The van der Waals surface area contributed by atoms with Crippen LogP contribution in [0, 0.1) is 21.4 Å². The molecular weight excluding hydrogens is 434 g/mol. The molecule has 34 heavy (non-hydrogen) atoms. The Kier molecular flexibility index (Phi) is 5.14. The number of aromatic amines is 1. The van der Waals surface area contributed by atoms with Crippen molar-refractivity contribution in [1.82, 2.24) is 15.2 Å². The number of allylic oxidation sites excluding steroid dienone is 3. The molecule has 168 valence electrons. The van der Waals surface area contributed by atoms with E-state index in [9.17, 15) is 20.2 Å². The predicted octanol–water partition coefficient (Wildman–Crippen LogP) is 3.41. The van der Waals surface area contributed by atoms with Crippen LogP contribution in [0.5, 0.6) is 0 Å². The van der Waals surface area contributed by atoms with Crippen molar-refractivity contribution in [3.05, 3.63) is 105 Å². The molecule has 0 saturated carbocycles. The van der Waals surface area contributed by atoms with Gasteiger partial charge in [-0.25, -0.2) is 5.10 Å². The fourth-order valence-corrected chi connectivity index (χ4v) is 4.79. The van der Waals surface area contributed by atoms with Crippen molar-refractivity contribution in [1.29, 1.82) is 5.26 Å². The highest BCUT2D eigenvalue weighted by Gasteiger charge is 2.43. The zero-order chi connectivity index (χ0) is 23.8. The summed E-state index contributed by atoms with van der Waals surface area (Å²) in [5.74, 6) is -0.660. The summed E-state index contributed by atoms with van der Waals surface area (Å²) in [5, 5.41) is 28.1. The summed E-state index contributed by atoms with van der Waals surface area (Å²) in [6.45, 7) is 0. The fraction of sp³-hybridized carbons (Fsp3) is 0.167. The number of ketones is 1. The number of carbonyl (C=O) groups is 1. The van der Waals surface area contributed by atoms with Crippen molar-refractivity contribution in [3.63, 3.8) is 0 Å². The fourth-order valence-electron chi connectivity index (χ4n) is 4.79. The van der Waals surface area contributed by atoms with Crippen LogP contribution in [0.15, 0.2) is 83.6 Å². The number of carbonyl (C=O) groups excluding carboxylic acids is 1. The van der Waals surface area contributed by atoms with Crippen LogP contribution < -0.4 is 10.6 Å². The van der Waals surface area contributed by atoms with E-state index < -0.39 is 10.8 Å². The van der Waals surface area contributed by atoms with Gasteiger partial charge in [-0.3, -0.25) is 19.8 Å². The van der Waals surface area contributed by atoms with Gasteiger partial charge >= 0.3 is 0 Å². The van der Waals surface area contributed by atoms with Gasteiger partial charge in [-0.1, -0.05) is 42.5 Å². The molecule has 5 rings (SSSR count). The first-order valence-corrected chi connectivity index (χ1v) is 10.6. The summed E-state index contributed by atoms with van der Waals surface area (Å²) >= 11 is 0. The van der Waals surface area contributed by atoms with Gasteiger partial charge in [0.15, 0.2) is 5.78 Å². The number of anilines is 1. The van der Waals surface area contributed by atoms with E-state index in [1.54, 1.807) is 17.0 Å². The number of benzene rings is 2. The molecule has 3 N–H and O–H groups in total. The van der Waals surface area contributed by atoms with Gasteiger partial charge in [0.25, 0.3) is 5.69 Å². The molecule has 0 radical (unpaired) electrons. The molecule has 10 heteroatoms. The normalized spacial score (nSPS) is 20.2. The van der Waals surface area contributed by atoms with Gasteiger partial charge in [0.05, 0.1) is 22.5 Å². The number of nitro benzene ring substituents is 1. The van der Waals surface area contributed by atoms with Gasteiger partial charge in [0.1, 0.15) is 12.1 Å². The minimum Gasteiger partial charge on any atom is -0.384 e. The highest BCUT2D eigenvalue weighted by Crippen LogP contribution is 2.48. The van der Waals surface area contributed by atoms with E-state index in [1.165, 1.54) is 18.5 Å². The van der Waals surface area contributed by atoms with Gasteiger partial charge in [-0.15, -0.1) is 0 Å². The summed E-state index contributed by atoms with van der Waals surface area (Å²) in [6.07, 6.45) is 2.04. The van der Waals surface area contributed by atoms with Crippen molar-refractivity contribution in [2.75, 3.05) is 4.90 Å². The topological polar surface area (TPSA) is 155 Å². The number of H-pyrrole nitrogens is 1. The Morgan fingerprint density at radius 1 is 1.15 bits per heavy atom. The lowest BCUT2D eigenvalue weighted by molar-refractivity contribution is -0.384. The minimum atomic E-state index is -0.816. The van der Waals surface area contributed by atoms with E-state index in [0.717, 1.165) is 5.56 Å². The molecule has 1 aliphatic heterocycles. The number of aromatic nitrogens is 3. The maximum atomic E-state index is 13.7. The molecule has 2 atom stereocenters. The van der Waals surface area contributed by atoms with E-state index in [0.29, 0.717) is 23.3 Å². The maximum absolute atomic E-state index is 13.7. The molecular formula is C24H19N7O3. The monoisotopic (exact) mass is 453 g/mol. The lowest BCUT2D eigenvalue weighted by Crippen LogP contribution is -2.40. The van der Waals surface area contributed by atoms with Crippen LogP contribution in [0.3, 0.4) is 0 Å². The van der Waals surface area contributed by atoms with Crippen molar-refractivity contribution >= 4 is 17.4 Å². The lowest BCUT2D eigenvalue weighted by atomic mass is 9.72. The molecule has 1 aromatic heterocycles. The van der Waals surface area contributed by atoms with Gasteiger partial charge in [0, 0.05) is 29.8 Å². The molecule has 2 aromatic carbocycles. The van der Waals surface area contributed by atoms with Crippen LogP contribution >= 0.6 is 0 Å². The largest absolute Gasteiger partial charge is 0.384 e. The van der Waals surface area contributed by atoms with Crippen LogP contribution in [0.2, 0.25) is 0 Å². The van der Waals surface area contributed by atoms with Gasteiger partial charge < -0.3 is 5.73 Å². The number of non-ortho nitro benzene ring substituents is 1. The Morgan fingerprint density at radius 3 is 2.59 bits per heavy atom. The first kappa shape index (κ1) is 21.1. The molecule has 0 spiro atoms. The second-order valence-corrected chi connectivity index (χ2v) is 8.14. The highest BCUT2D eigenvalue weighted by atomic mass is 16.6. The van der Waals surface area contributed by atoms with Gasteiger partial charge in [-0.2, -0.15) is 15.3 Å². The van der Waals surface area contributed by atoms with Gasteiger partial charge in [-0.05, 0) is 23.5 Å². The Bertz CT molecular complexity index is 1390. The first-order valence-electron chi connectivity index (χ1n) is 10.6. The molecule has 0 amide bonds. The van der Waals surface area contributed by atoms with Crippen LogP contribution in [0.1, 0.15) is 35.8 Å². The number of nitrogens with one attached hydrogen (secondary N) is 1. The highest BCUT2D eigenvalue weighted by molar-refractivity contribution is 6.01. The Morgan fingerprint density at radius 2 is 1.91 bits per heavy atom. The smallest absolute Gasteiger partial charge is 0.269 e. The summed E-state index contributed by atoms with van der Waals surface area (Å²) < 4.78 is 0. The summed E-state index contributed by atoms with van der Waals surface area (Å²) in [4.78, 5) is 30.3. The minimum absolute atomic E-state index is 0.0972. The summed E-state index contributed by atoms with van der Waals surface area (Å²) in [7, 11) is 0. The number of hydrogen-bond acceptors (Lipinski definition) is 8. The van der Waals surface area contributed by atoms with Crippen LogP contribution in [0.4, 0.5) is 11.6 Å². The molecule has 1 aliphatic carbocycles. The van der Waals surface area contributed by atoms with Crippen LogP contribution in [-0.2, 0) is 4.79 Å². The van der Waals surface area contributed by atoms with Crippen molar-refractivity contribution < 1.29 is 9.72 Å². The Balaban J connectivity index is 1.72. The zero-order valence-electron chi connectivity index (χ0n) is 17.9. The third kappa shape index (κ3) is 3.40. The number of Topliss-reactive ketones (excluding diaryl/α,β-unsaturated/α-hetero) is 1. The van der Waals surface area contributed by atoms with Crippen LogP contribution in [0.25, 0.3) is 0 Å². The number of nitriles is 1. The average Bonchev–Trinajstić information content (AvgIpc) is 3.38. The quantitative estimate of drug-likeness (QED) is 0.450. The lowest BCUT2D eigenvalue weighted by Gasteiger charge is -2.40. The molecule has 0 fully saturated rings. The maximum Gasteiger partial charge on any atom is 0.269 e. The van der Waals surface area contributed by atoms with Crippen LogP contribution in [-0.4, -0.2) is 25.9 Å². The molecule has 0 bridgehead atoms. The Labute approximate surface area is 194 Å². The van der Waals surface area contributed by atoms with Crippen molar-refractivity contribution in [2.45, 2.75) is 24.7 Å². The van der Waals surface area contributed by atoms with E-state index in [1.807, 2.05) is 30.3 Å². The van der Waals surface area contributed by atoms with E-state index in [2.05, 4.69) is 21.3 Å². The van der Waals surface area contributed by atoms with E-state index in [4.69, 9.17) is 5.73 Å². The second kappa shape index (κ2) is 8.29. The molecule has 3 aromatic rings. The van der Waals surface area contributed by atoms with E-state index >= 15 is 0 Å². The second-order valence-electron chi connectivity index (χ2n) is 8.14. The van der Waals surface area contributed by atoms with Crippen molar-refractivity contribution in [2.24, 2.45) is 5.73 Å². The van der Waals surface area contributed by atoms with Gasteiger partial charge in [0.2, 0.25) is 5.95 Å². The zero-order valence-corrected chi connectivity index (χ0v) is 17.9. The molecule has 2 heterocycles. The molecule has 2 aliphatic rings. The number of nitrogens with two attached hydrogens (primary N) is 1. The molecule has 10 nitrogen and oxygen atoms in total. The van der Waals surface area contributed by atoms with E-state index in [-0.39, 0.29) is 41.2 Å². The SMILES string of the molecule is N#CC1=C(N)N(c2ncn[nH]2)C2=C(C(=O)C[C@@H](c3ccccc3)C2)[C@@H]1c1cccc([N+](=O)[O-])c1. The third-order valence-corrected chi connectivity index (χ3v) is 6.27. The summed E-state index contributed by atoms with van der Waals surface area (Å²) in [5.41, 5.74) is 8.99. The molecule has 0 unspecified atom stereocenters. The summed E-state index contributed by atoms with van der Waals surface area (Å²) in [6, 6.07) is 17.8. The first-order chi connectivity index (χ1) is 16.5. The molecule has 0 saturated heterocycles. The standard InChI is InChI=1S/C24H19N7O3/c25-12-18-21(15-7-4-8-17(9-15)31(33)34)22-19(30(23(18)26)24-27-13-28-29-24)10-16(11-20(22)32)14-5-2-1-3-6-14/h1-9,13,16,21H,10-11,26H2,(H,27,28,29)/t16-,21+/m0/s1. The number of hydrogen-bond donors (Lipinski definition) is 2. The predicted molar refractivity (Wildman–Crippen MR) is 122 cm³/mol. The number of nitrogens with zero attached hydrogens (tertiary/aromatic N) is 5. The average molecular weight is 453 g/mol. The third-order valence-electron chi connectivity index (χ3n) is 6.27.